The van der Waals surface area contributed by atoms with Gasteiger partial charge in [-0.25, -0.2) is 0 Å². The zero-order valence-electron chi connectivity index (χ0n) is 10.5. The number of hydrogen-bond donors (Lipinski definition) is 0. The number of nitrogens with zero attached hydrogens (tertiary/aromatic N) is 2. The molecule has 1 aliphatic carbocycles. The Morgan fingerprint density at radius 2 is 2.18 bits per heavy atom. The summed E-state index contributed by atoms with van der Waals surface area (Å²) in [5.41, 5.74) is 2.74. The minimum absolute atomic E-state index is 0.0115. The van der Waals surface area contributed by atoms with Crippen molar-refractivity contribution in [2.45, 2.75) is 37.6 Å². The molecule has 1 fully saturated rings. The SMILES string of the molecule is C[C@H]1CCC[C@]12c1ccccc1N(C)[C@H]2C#N. The molecule has 17 heavy (non-hydrogen) atoms. The second-order valence-corrected chi connectivity index (χ2v) is 5.49. The van der Waals surface area contributed by atoms with Crippen LogP contribution in [0.5, 0.6) is 0 Å². The number of hydrogen-bond acceptors (Lipinski definition) is 2. The van der Waals surface area contributed by atoms with Crippen LogP contribution in [0.15, 0.2) is 24.3 Å². The van der Waals surface area contributed by atoms with E-state index in [0.717, 1.165) is 6.42 Å². The number of rotatable bonds is 0. The third-order valence-corrected chi connectivity index (χ3v) is 4.89. The van der Waals surface area contributed by atoms with E-state index >= 15 is 0 Å². The Hall–Kier alpha value is -1.49. The lowest BCUT2D eigenvalue weighted by Gasteiger charge is -2.34. The van der Waals surface area contributed by atoms with E-state index in [0.29, 0.717) is 5.92 Å². The van der Waals surface area contributed by atoms with Gasteiger partial charge in [-0.05, 0) is 30.4 Å². The average molecular weight is 226 g/mol. The van der Waals surface area contributed by atoms with E-state index in [1.165, 1.54) is 24.1 Å². The molecule has 1 heterocycles. The van der Waals surface area contributed by atoms with Crippen LogP contribution in [-0.4, -0.2) is 13.1 Å². The summed E-state index contributed by atoms with van der Waals surface area (Å²) in [6.45, 7) is 2.31. The van der Waals surface area contributed by atoms with Crippen molar-refractivity contribution in [2.75, 3.05) is 11.9 Å². The number of para-hydroxylation sites is 1. The van der Waals surface area contributed by atoms with E-state index in [2.05, 4.69) is 49.2 Å². The summed E-state index contributed by atoms with van der Waals surface area (Å²) in [7, 11) is 2.06. The summed E-state index contributed by atoms with van der Waals surface area (Å²) in [5.74, 6) is 0.609. The van der Waals surface area contributed by atoms with Crippen molar-refractivity contribution in [1.29, 1.82) is 5.26 Å². The van der Waals surface area contributed by atoms with Gasteiger partial charge in [0.15, 0.2) is 0 Å². The zero-order chi connectivity index (χ0) is 12.0. The molecule has 1 saturated carbocycles. The highest BCUT2D eigenvalue weighted by Gasteiger charge is 2.55. The molecule has 1 aromatic rings. The zero-order valence-corrected chi connectivity index (χ0v) is 10.5. The lowest BCUT2D eigenvalue weighted by molar-refractivity contribution is 0.323. The Balaban J connectivity index is 2.23. The van der Waals surface area contributed by atoms with E-state index in [-0.39, 0.29) is 11.5 Å². The molecular weight excluding hydrogens is 208 g/mol. The van der Waals surface area contributed by atoms with Crippen molar-refractivity contribution in [3.8, 4) is 6.07 Å². The van der Waals surface area contributed by atoms with Crippen LogP contribution in [0.1, 0.15) is 31.7 Å². The number of anilines is 1. The van der Waals surface area contributed by atoms with Crippen LogP contribution in [0.2, 0.25) is 0 Å². The lowest BCUT2D eigenvalue weighted by atomic mass is 9.70. The largest absolute Gasteiger partial charge is 0.358 e. The molecule has 0 saturated heterocycles. The third kappa shape index (κ3) is 1.15. The first-order chi connectivity index (χ1) is 8.21. The van der Waals surface area contributed by atoms with Crippen molar-refractivity contribution >= 4 is 5.69 Å². The van der Waals surface area contributed by atoms with E-state index in [9.17, 15) is 5.26 Å². The fourth-order valence-electron chi connectivity index (χ4n) is 4.02. The number of nitriles is 1. The molecule has 0 amide bonds. The molecule has 0 bridgehead atoms. The highest BCUT2D eigenvalue weighted by atomic mass is 15.2. The summed E-state index contributed by atoms with van der Waals surface area (Å²) < 4.78 is 0. The molecule has 0 radical (unpaired) electrons. The molecule has 2 heteroatoms. The summed E-state index contributed by atoms with van der Waals surface area (Å²) in [4.78, 5) is 2.18. The molecule has 0 unspecified atom stereocenters. The van der Waals surface area contributed by atoms with E-state index in [1.807, 2.05) is 0 Å². The van der Waals surface area contributed by atoms with Crippen LogP contribution in [0.25, 0.3) is 0 Å². The van der Waals surface area contributed by atoms with E-state index in [4.69, 9.17) is 0 Å². The normalized spacial score (nSPS) is 35.0. The van der Waals surface area contributed by atoms with Crippen LogP contribution in [0.4, 0.5) is 5.69 Å². The lowest BCUT2D eigenvalue weighted by Crippen LogP contribution is -2.44. The van der Waals surface area contributed by atoms with Crippen molar-refractivity contribution < 1.29 is 0 Å². The molecule has 1 aromatic carbocycles. The number of fused-ring (bicyclic) bond motifs is 2. The predicted octanol–water partition coefficient (Wildman–Crippen LogP) is 3.09. The third-order valence-electron chi connectivity index (χ3n) is 4.89. The highest BCUT2D eigenvalue weighted by Crippen LogP contribution is 2.56. The van der Waals surface area contributed by atoms with Gasteiger partial charge in [0, 0.05) is 18.2 Å². The van der Waals surface area contributed by atoms with Gasteiger partial charge in [-0.2, -0.15) is 5.26 Å². The Bertz CT molecular complexity index is 488. The minimum atomic E-state index is 0.0115. The summed E-state index contributed by atoms with van der Waals surface area (Å²) in [6.07, 6.45) is 3.66. The molecular formula is C15H18N2. The van der Waals surface area contributed by atoms with E-state index in [1.54, 1.807) is 0 Å². The maximum atomic E-state index is 9.56. The molecule has 88 valence electrons. The standard InChI is InChI=1S/C15H18N2/c1-11-6-5-9-15(11)12-7-3-4-8-13(12)17(2)14(15)10-16/h3-4,7-8,11,14H,5-6,9H2,1-2H3/t11-,14-,15+/m0/s1. The van der Waals surface area contributed by atoms with Gasteiger partial charge in [0.05, 0.1) is 6.07 Å². The summed E-state index contributed by atoms with van der Waals surface area (Å²) >= 11 is 0. The summed E-state index contributed by atoms with van der Waals surface area (Å²) in [6, 6.07) is 11.1. The molecule has 1 spiro atoms. The van der Waals surface area contributed by atoms with Gasteiger partial charge < -0.3 is 4.90 Å². The Morgan fingerprint density at radius 3 is 2.82 bits per heavy atom. The smallest absolute Gasteiger partial charge is 0.126 e. The molecule has 1 aliphatic heterocycles. The van der Waals surface area contributed by atoms with Crippen molar-refractivity contribution in [3.05, 3.63) is 29.8 Å². The van der Waals surface area contributed by atoms with Gasteiger partial charge in [0.25, 0.3) is 0 Å². The second kappa shape index (κ2) is 3.50. The number of likely N-dealkylation sites (N-methyl/N-ethyl adjacent to an activating group) is 1. The molecule has 0 N–H and O–H groups in total. The fraction of sp³-hybridized carbons (Fsp3) is 0.533. The molecule has 2 aliphatic rings. The Labute approximate surface area is 103 Å². The first kappa shape index (κ1) is 10.7. The van der Waals surface area contributed by atoms with Gasteiger partial charge >= 0.3 is 0 Å². The maximum absolute atomic E-state index is 9.56. The quantitative estimate of drug-likeness (QED) is 0.679. The Morgan fingerprint density at radius 1 is 1.41 bits per heavy atom. The monoisotopic (exact) mass is 226 g/mol. The van der Waals surface area contributed by atoms with Crippen molar-refractivity contribution in [3.63, 3.8) is 0 Å². The maximum Gasteiger partial charge on any atom is 0.126 e. The van der Waals surface area contributed by atoms with Crippen molar-refractivity contribution in [2.24, 2.45) is 5.92 Å². The van der Waals surface area contributed by atoms with Crippen LogP contribution < -0.4 is 4.90 Å². The van der Waals surface area contributed by atoms with Crippen molar-refractivity contribution in [1.82, 2.24) is 0 Å². The topological polar surface area (TPSA) is 27.0 Å². The first-order valence-corrected chi connectivity index (χ1v) is 6.44. The number of benzene rings is 1. The van der Waals surface area contributed by atoms with Gasteiger partial charge in [-0.15, -0.1) is 0 Å². The van der Waals surface area contributed by atoms with Crippen LogP contribution >= 0.6 is 0 Å². The van der Waals surface area contributed by atoms with Crippen LogP contribution in [0, 0.1) is 17.2 Å². The highest BCUT2D eigenvalue weighted by molar-refractivity contribution is 5.66. The second-order valence-electron chi connectivity index (χ2n) is 5.49. The van der Waals surface area contributed by atoms with Crippen LogP contribution in [-0.2, 0) is 5.41 Å². The van der Waals surface area contributed by atoms with E-state index < -0.39 is 0 Å². The molecule has 0 aromatic heterocycles. The van der Waals surface area contributed by atoms with Gasteiger partial charge in [0.2, 0.25) is 0 Å². The fourth-order valence-corrected chi connectivity index (χ4v) is 4.02. The first-order valence-electron chi connectivity index (χ1n) is 6.44. The minimum Gasteiger partial charge on any atom is -0.358 e. The van der Waals surface area contributed by atoms with Gasteiger partial charge in [-0.3, -0.25) is 0 Å². The Kier molecular flexibility index (Phi) is 2.19. The van der Waals surface area contributed by atoms with Crippen LogP contribution in [0.3, 0.4) is 0 Å². The summed E-state index contributed by atoms with van der Waals surface area (Å²) in [5, 5.41) is 9.56. The average Bonchev–Trinajstić information content (AvgIpc) is 2.83. The predicted molar refractivity (Wildman–Crippen MR) is 68.9 cm³/mol. The molecule has 3 atom stereocenters. The molecule has 3 rings (SSSR count). The molecule has 2 nitrogen and oxygen atoms in total. The van der Waals surface area contributed by atoms with Gasteiger partial charge in [-0.1, -0.05) is 31.5 Å². The van der Waals surface area contributed by atoms with Gasteiger partial charge in [0.1, 0.15) is 6.04 Å².